The molecule has 0 aliphatic carbocycles. The van der Waals surface area contributed by atoms with Crippen molar-refractivity contribution < 1.29 is 9.18 Å². The summed E-state index contributed by atoms with van der Waals surface area (Å²) in [5, 5.41) is 0.499. The molecule has 0 spiro atoms. The first-order valence-electron chi connectivity index (χ1n) is 9.41. The van der Waals surface area contributed by atoms with E-state index in [0.717, 1.165) is 23.3 Å². The summed E-state index contributed by atoms with van der Waals surface area (Å²) < 4.78 is 16.7. The lowest BCUT2D eigenvalue weighted by molar-refractivity contribution is 0.0979. The number of carbonyl (C=O) groups is 1. The molecule has 29 heavy (non-hydrogen) atoms. The number of hydrogen-bond donors (Lipinski definition) is 0. The van der Waals surface area contributed by atoms with Crippen molar-refractivity contribution in [2.45, 2.75) is 13.3 Å². The Balaban J connectivity index is 1.77. The quantitative estimate of drug-likeness (QED) is 0.481. The highest BCUT2D eigenvalue weighted by Gasteiger charge is 2.26. The largest absolute Gasteiger partial charge is 0.309 e. The zero-order valence-electron chi connectivity index (χ0n) is 16.6. The van der Waals surface area contributed by atoms with Gasteiger partial charge in [0, 0.05) is 12.7 Å². The lowest BCUT2D eigenvalue weighted by atomic mass is 10.3. The average molecular weight is 412 g/mol. The number of carbonyl (C=O) groups excluding carboxylic acids is 1. The van der Waals surface area contributed by atoms with Crippen LogP contribution in [0.2, 0.25) is 0 Å². The summed E-state index contributed by atoms with van der Waals surface area (Å²) in [6.45, 7) is 3.14. The van der Waals surface area contributed by atoms with Crippen LogP contribution in [-0.2, 0) is 0 Å². The molecule has 0 N–H and O–H groups in total. The number of aryl methyl sites for hydroxylation is 1. The minimum atomic E-state index is -0.378. The number of fused-ring (bicyclic) bond motifs is 2. The van der Waals surface area contributed by atoms with Gasteiger partial charge < -0.3 is 4.90 Å². The van der Waals surface area contributed by atoms with Crippen LogP contribution in [0.5, 0.6) is 0 Å². The summed E-state index contributed by atoms with van der Waals surface area (Å²) in [6.07, 6.45) is 2.60. The topological polar surface area (TPSA) is 53.7 Å². The highest BCUT2D eigenvalue weighted by Crippen LogP contribution is 2.31. The van der Waals surface area contributed by atoms with Gasteiger partial charge in [0.05, 0.1) is 10.4 Å². The molecular formula is C21H22FN5OS. The van der Waals surface area contributed by atoms with Gasteiger partial charge in [-0.05, 0) is 58.3 Å². The van der Waals surface area contributed by atoms with Gasteiger partial charge in [0.25, 0.3) is 5.91 Å². The van der Waals surface area contributed by atoms with Crippen molar-refractivity contribution in [2.75, 3.05) is 32.1 Å². The predicted octanol–water partition coefficient (Wildman–Crippen LogP) is 3.99. The molecule has 6 nitrogen and oxygen atoms in total. The minimum Gasteiger partial charge on any atom is -0.309 e. The first kappa shape index (κ1) is 19.5. The lowest BCUT2D eigenvalue weighted by Crippen LogP contribution is -2.34. The van der Waals surface area contributed by atoms with E-state index >= 15 is 0 Å². The molecule has 0 bridgehead atoms. The normalized spacial score (nSPS) is 11.6. The molecule has 3 aromatic heterocycles. The second-order valence-electron chi connectivity index (χ2n) is 7.17. The molecule has 0 aliphatic rings. The summed E-state index contributed by atoms with van der Waals surface area (Å²) in [5.74, 6) is -0.559. The number of para-hydroxylation sites is 1. The molecule has 3 heterocycles. The van der Waals surface area contributed by atoms with Crippen LogP contribution in [0.25, 0.3) is 15.9 Å². The summed E-state index contributed by atoms with van der Waals surface area (Å²) in [5.41, 5.74) is 2.18. The van der Waals surface area contributed by atoms with E-state index in [1.54, 1.807) is 15.4 Å². The van der Waals surface area contributed by atoms with Crippen LogP contribution in [-0.4, -0.2) is 52.4 Å². The number of anilines is 1. The average Bonchev–Trinajstić information content (AvgIpc) is 3.25. The van der Waals surface area contributed by atoms with Gasteiger partial charge in [-0.25, -0.2) is 14.4 Å². The molecule has 0 radical (unpaired) electrons. The number of hydrogen-bond acceptors (Lipinski definition) is 5. The molecule has 8 heteroatoms. The van der Waals surface area contributed by atoms with Crippen molar-refractivity contribution in [1.82, 2.24) is 19.3 Å². The fourth-order valence-electron chi connectivity index (χ4n) is 3.35. The zero-order valence-corrected chi connectivity index (χ0v) is 17.4. The number of halogens is 1. The van der Waals surface area contributed by atoms with Gasteiger partial charge in [0.1, 0.15) is 22.7 Å². The van der Waals surface area contributed by atoms with Crippen LogP contribution in [0, 0.1) is 12.7 Å². The van der Waals surface area contributed by atoms with E-state index in [-0.39, 0.29) is 11.7 Å². The van der Waals surface area contributed by atoms with Crippen molar-refractivity contribution in [2.24, 2.45) is 0 Å². The van der Waals surface area contributed by atoms with Gasteiger partial charge in [-0.3, -0.25) is 14.1 Å². The van der Waals surface area contributed by atoms with Crippen molar-refractivity contribution in [3.63, 3.8) is 0 Å². The predicted molar refractivity (Wildman–Crippen MR) is 114 cm³/mol. The monoisotopic (exact) mass is 411 g/mol. The Hall–Kier alpha value is -2.84. The summed E-state index contributed by atoms with van der Waals surface area (Å²) in [4.78, 5) is 26.3. The van der Waals surface area contributed by atoms with E-state index < -0.39 is 0 Å². The number of thiazole rings is 1. The van der Waals surface area contributed by atoms with Crippen LogP contribution in [0.15, 0.2) is 42.6 Å². The third-order valence-corrected chi connectivity index (χ3v) is 5.77. The molecule has 0 aliphatic heterocycles. The third kappa shape index (κ3) is 3.73. The number of imidazole rings is 1. The summed E-state index contributed by atoms with van der Waals surface area (Å²) >= 11 is 1.33. The number of aromatic nitrogens is 3. The molecule has 1 amide bonds. The first-order valence-corrected chi connectivity index (χ1v) is 10.2. The molecule has 0 atom stereocenters. The van der Waals surface area contributed by atoms with Crippen LogP contribution in [0.4, 0.5) is 9.52 Å². The number of amides is 1. The Labute approximate surface area is 172 Å². The fourth-order valence-corrected chi connectivity index (χ4v) is 4.35. The maximum Gasteiger partial charge on any atom is 0.278 e. The van der Waals surface area contributed by atoms with Gasteiger partial charge in [-0.15, -0.1) is 0 Å². The van der Waals surface area contributed by atoms with Crippen molar-refractivity contribution in [1.29, 1.82) is 0 Å². The van der Waals surface area contributed by atoms with Crippen molar-refractivity contribution in [3.05, 3.63) is 59.8 Å². The molecule has 0 saturated carbocycles. The lowest BCUT2D eigenvalue weighted by Gasteiger charge is -2.21. The van der Waals surface area contributed by atoms with E-state index in [0.29, 0.717) is 28.6 Å². The third-order valence-electron chi connectivity index (χ3n) is 4.73. The molecule has 1 aromatic carbocycles. The molecule has 4 rings (SSSR count). The Morgan fingerprint density at radius 3 is 2.72 bits per heavy atom. The fraction of sp³-hybridized carbons (Fsp3) is 0.286. The van der Waals surface area contributed by atoms with Crippen LogP contribution >= 0.6 is 11.3 Å². The number of rotatable bonds is 6. The Kier molecular flexibility index (Phi) is 5.29. The van der Waals surface area contributed by atoms with E-state index in [1.807, 2.05) is 51.5 Å². The number of nitrogens with zero attached hydrogens (tertiary/aromatic N) is 5. The number of benzene rings is 1. The van der Waals surface area contributed by atoms with E-state index in [9.17, 15) is 9.18 Å². The van der Waals surface area contributed by atoms with Crippen LogP contribution in [0.3, 0.4) is 0 Å². The minimum absolute atomic E-state index is 0.181. The zero-order chi connectivity index (χ0) is 20.5. The first-order chi connectivity index (χ1) is 14.0. The molecular weight excluding hydrogens is 389 g/mol. The molecule has 4 aromatic rings. The smallest absolute Gasteiger partial charge is 0.278 e. The van der Waals surface area contributed by atoms with Gasteiger partial charge >= 0.3 is 0 Å². The molecule has 0 saturated heterocycles. The second-order valence-corrected chi connectivity index (χ2v) is 8.18. The Morgan fingerprint density at radius 2 is 1.97 bits per heavy atom. The maximum absolute atomic E-state index is 14.2. The van der Waals surface area contributed by atoms with E-state index in [1.165, 1.54) is 17.4 Å². The highest BCUT2D eigenvalue weighted by atomic mass is 32.1. The molecule has 150 valence electrons. The van der Waals surface area contributed by atoms with Gasteiger partial charge in [-0.1, -0.05) is 23.5 Å². The van der Waals surface area contributed by atoms with Gasteiger partial charge in [0.2, 0.25) is 0 Å². The Bertz CT molecular complexity index is 1180. The summed E-state index contributed by atoms with van der Waals surface area (Å²) in [7, 11) is 3.99. The van der Waals surface area contributed by atoms with E-state index in [2.05, 4.69) is 14.9 Å². The SMILES string of the molecule is Cc1nc2ccccn2c1C(=O)N(CCCN(C)C)c1nc2c(F)cccc2s1. The molecule has 0 unspecified atom stereocenters. The maximum atomic E-state index is 14.2. The standard InChI is InChI=1S/C21H22FN5OS/c1-14-19(26-12-5-4-10-17(26)23-14)20(28)27(13-7-11-25(2)3)21-24-18-15(22)8-6-9-16(18)29-21/h4-6,8-10,12H,7,11,13H2,1-3H3. The van der Waals surface area contributed by atoms with Crippen molar-refractivity contribution >= 4 is 38.2 Å². The van der Waals surface area contributed by atoms with Crippen LogP contribution < -0.4 is 4.90 Å². The van der Waals surface area contributed by atoms with E-state index in [4.69, 9.17) is 0 Å². The Morgan fingerprint density at radius 1 is 1.14 bits per heavy atom. The number of pyridine rings is 1. The van der Waals surface area contributed by atoms with Gasteiger partial charge in [0.15, 0.2) is 5.13 Å². The van der Waals surface area contributed by atoms with Crippen molar-refractivity contribution in [3.8, 4) is 0 Å². The molecule has 0 fully saturated rings. The van der Waals surface area contributed by atoms with Gasteiger partial charge in [-0.2, -0.15) is 0 Å². The summed E-state index contributed by atoms with van der Waals surface area (Å²) in [6, 6.07) is 10.5. The highest BCUT2D eigenvalue weighted by molar-refractivity contribution is 7.22. The second kappa shape index (κ2) is 7.88. The van der Waals surface area contributed by atoms with Crippen LogP contribution in [0.1, 0.15) is 22.6 Å².